The van der Waals surface area contributed by atoms with Crippen LogP contribution in [0.2, 0.25) is 0 Å². The Labute approximate surface area is 132 Å². The molecule has 0 atom stereocenters. The lowest BCUT2D eigenvalue weighted by molar-refractivity contribution is -0.121. The third kappa shape index (κ3) is 10.2. The highest BCUT2D eigenvalue weighted by Gasteiger charge is 1.99. The van der Waals surface area contributed by atoms with E-state index in [9.17, 15) is 4.79 Å². The lowest BCUT2D eigenvalue weighted by Gasteiger charge is -2.02. The van der Waals surface area contributed by atoms with E-state index in [2.05, 4.69) is 17.5 Å². The van der Waals surface area contributed by atoms with Gasteiger partial charge in [-0.25, -0.2) is 5.43 Å². The molecule has 0 aliphatic heterocycles. The van der Waals surface area contributed by atoms with Crippen LogP contribution in [0, 0.1) is 0 Å². The highest BCUT2D eigenvalue weighted by atomic mass is 32.1. The Balaban J connectivity index is 1.89. The number of nitrogens with zero attached hydrogens (tertiary/aromatic N) is 1. The normalized spacial score (nSPS) is 11.1. The number of carbonyl (C=O) groups is 1. The van der Waals surface area contributed by atoms with Gasteiger partial charge in [0.25, 0.3) is 0 Å². The average molecular weight is 308 g/mol. The first-order chi connectivity index (χ1) is 10.3. The Morgan fingerprint density at radius 1 is 1.14 bits per heavy atom. The maximum Gasteiger partial charge on any atom is 0.240 e. The first kappa shape index (κ1) is 17.9. The van der Waals surface area contributed by atoms with E-state index in [-0.39, 0.29) is 5.91 Å². The standard InChI is InChI=1S/C17H28N2OS/c1-2-3-4-5-6-7-8-9-10-13-17(20)19-18-15-16-12-11-14-21-16/h11-12,14-15H,2-10,13H2,1H3,(H,19,20)/b18-15+. The first-order valence-electron chi connectivity index (χ1n) is 8.18. The minimum absolute atomic E-state index is 0.0192. The third-order valence-electron chi connectivity index (χ3n) is 3.43. The zero-order valence-electron chi connectivity index (χ0n) is 13.1. The maximum atomic E-state index is 11.6. The van der Waals surface area contributed by atoms with Crippen molar-refractivity contribution in [3.05, 3.63) is 22.4 Å². The fourth-order valence-electron chi connectivity index (χ4n) is 2.18. The summed E-state index contributed by atoms with van der Waals surface area (Å²) in [5.41, 5.74) is 2.58. The highest BCUT2D eigenvalue weighted by Crippen LogP contribution is 2.10. The quantitative estimate of drug-likeness (QED) is 0.325. The molecular weight excluding hydrogens is 280 g/mol. The minimum atomic E-state index is 0.0192. The van der Waals surface area contributed by atoms with Gasteiger partial charge in [-0.15, -0.1) is 11.3 Å². The van der Waals surface area contributed by atoms with Gasteiger partial charge in [-0.05, 0) is 17.9 Å². The van der Waals surface area contributed by atoms with Crippen molar-refractivity contribution in [2.24, 2.45) is 5.10 Å². The van der Waals surface area contributed by atoms with Gasteiger partial charge in [0.2, 0.25) is 5.91 Å². The van der Waals surface area contributed by atoms with Gasteiger partial charge in [0.1, 0.15) is 0 Å². The molecule has 0 aromatic carbocycles. The number of rotatable bonds is 12. The van der Waals surface area contributed by atoms with Crippen molar-refractivity contribution in [2.45, 2.75) is 71.1 Å². The fraction of sp³-hybridized carbons (Fsp3) is 0.647. The summed E-state index contributed by atoms with van der Waals surface area (Å²) in [7, 11) is 0. The van der Waals surface area contributed by atoms with Gasteiger partial charge in [-0.2, -0.15) is 5.10 Å². The van der Waals surface area contributed by atoms with Crippen molar-refractivity contribution in [3.8, 4) is 0 Å². The number of amides is 1. The van der Waals surface area contributed by atoms with E-state index in [0.717, 1.165) is 17.7 Å². The largest absolute Gasteiger partial charge is 0.273 e. The van der Waals surface area contributed by atoms with Crippen molar-refractivity contribution in [1.29, 1.82) is 0 Å². The second-order valence-corrected chi connectivity index (χ2v) is 6.37. The Bertz CT molecular complexity index is 388. The molecule has 1 amide bonds. The van der Waals surface area contributed by atoms with E-state index in [1.54, 1.807) is 17.6 Å². The monoisotopic (exact) mass is 308 g/mol. The van der Waals surface area contributed by atoms with E-state index < -0.39 is 0 Å². The van der Waals surface area contributed by atoms with Gasteiger partial charge < -0.3 is 0 Å². The zero-order chi connectivity index (χ0) is 15.2. The highest BCUT2D eigenvalue weighted by molar-refractivity contribution is 7.11. The Morgan fingerprint density at radius 2 is 1.81 bits per heavy atom. The molecule has 0 radical (unpaired) electrons. The van der Waals surface area contributed by atoms with Crippen molar-refractivity contribution in [2.75, 3.05) is 0 Å². The van der Waals surface area contributed by atoms with Crippen LogP contribution in [0.5, 0.6) is 0 Å². The molecule has 0 bridgehead atoms. The lowest BCUT2D eigenvalue weighted by atomic mass is 10.1. The summed E-state index contributed by atoms with van der Waals surface area (Å²) in [5.74, 6) is 0.0192. The Morgan fingerprint density at radius 3 is 2.43 bits per heavy atom. The molecule has 0 spiro atoms. The number of hydrogen-bond donors (Lipinski definition) is 1. The molecule has 0 aliphatic carbocycles. The van der Waals surface area contributed by atoms with Crippen molar-refractivity contribution < 1.29 is 4.79 Å². The third-order valence-corrected chi connectivity index (χ3v) is 4.24. The van der Waals surface area contributed by atoms with Gasteiger partial charge in [-0.1, -0.05) is 64.4 Å². The van der Waals surface area contributed by atoms with E-state index in [1.807, 2.05) is 17.5 Å². The molecule has 1 aromatic heterocycles. The van der Waals surface area contributed by atoms with E-state index in [4.69, 9.17) is 0 Å². The smallest absolute Gasteiger partial charge is 0.240 e. The summed E-state index contributed by atoms with van der Waals surface area (Å²) >= 11 is 1.61. The van der Waals surface area contributed by atoms with Crippen LogP contribution < -0.4 is 5.43 Å². The number of hydrazone groups is 1. The van der Waals surface area contributed by atoms with Crippen LogP contribution in [0.1, 0.15) is 76.0 Å². The molecule has 3 nitrogen and oxygen atoms in total. The number of hydrogen-bond acceptors (Lipinski definition) is 3. The minimum Gasteiger partial charge on any atom is -0.273 e. The molecule has 21 heavy (non-hydrogen) atoms. The average Bonchev–Trinajstić information content (AvgIpc) is 2.99. The maximum absolute atomic E-state index is 11.6. The molecule has 118 valence electrons. The molecule has 0 saturated heterocycles. The predicted molar refractivity (Wildman–Crippen MR) is 91.9 cm³/mol. The SMILES string of the molecule is CCCCCCCCCCCC(=O)N/N=C/c1cccs1. The van der Waals surface area contributed by atoms with E-state index in [1.165, 1.54) is 44.9 Å². The van der Waals surface area contributed by atoms with Crippen LogP contribution in [0.4, 0.5) is 0 Å². The second kappa shape index (κ2) is 12.6. The topological polar surface area (TPSA) is 41.5 Å². The first-order valence-corrected chi connectivity index (χ1v) is 9.06. The summed E-state index contributed by atoms with van der Waals surface area (Å²) < 4.78 is 0. The lowest BCUT2D eigenvalue weighted by Crippen LogP contribution is -2.16. The molecule has 1 N–H and O–H groups in total. The second-order valence-electron chi connectivity index (χ2n) is 5.39. The molecule has 0 fully saturated rings. The summed E-state index contributed by atoms with van der Waals surface area (Å²) in [6.45, 7) is 2.25. The van der Waals surface area contributed by atoms with Crippen LogP contribution >= 0.6 is 11.3 Å². The van der Waals surface area contributed by atoms with Crippen molar-refractivity contribution in [3.63, 3.8) is 0 Å². The fourth-order valence-corrected chi connectivity index (χ4v) is 2.77. The van der Waals surface area contributed by atoms with Crippen LogP contribution in [-0.2, 0) is 4.79 Å². The van der Waals surface area contributed by atoms with E-state index >= 15 is 0 Å². The summed E-state index contributed by atoms with van der Waals surface area (Å²) in [4.78, 5) is 12.6. The molecule has 0 saturated carbocycles. The van der Waals surface area contributed by atoms with Gasteiger partial charge in [0.05, 0.1) is 6.21 Å². The number of thiophene rings is 1. The van der Waals surface area contributed by atoms with Crippen LogP contribution in [0.25, 0.3) is 0 Å². The van der Waals surface area contributed by atoms with Crippen LogP contribution in [0.15, 0.2) is 22.6 Å². The van der Waals surface area contributed by atoms with Gasteiger partial charge in [0.15, 0.2) is 0 Å². The predicted octanol–water partition coefficient (Wildman–Crippen LogP) is 5.12. The zero-order valence-corrected chi connectivity index (χ0v) is 14.0. The number of unbranched alkanes of at least 4 members (excludes halogenated alkanes) is 8. The van der Waals surface area contributed by atoms with Gasteiger partial charge in [-0.3, -0.25) is 4.79 Å². The summed E-state index contributed by atoms with van der Waals surface area (Å²) in [5, 5.41) is 5.95. The molecule has 1 heterocycles. The molecular formula is C17H28N2OS. The molecule has 1 aromatic rings. The summed E-state index contributed by atoms with van der Waals surface area (Å²) in [6, 6.07) is 3.94. The Kier molecular flexibility index (Phi) is 10.7. The summed E-state index contributed by atoms with van der Waals surface area (Å²) in [6.07, 6.45) is 13.7. The Hall–Kier alpha value is -1.16. The number of nitrogens with one attached hydrogen (secondary N) is 1. The van der Waals surface area contributed by atoms with Gasteiger partial charge >= 0.3 is 0 Å². The van der Waals surface area contributed by atoms with Gasteiger partial charge in [0, 0.05) is 11.3 Å². The van der Waals surface area contributed by atoms with Crippen molar-refractivity contribution in [1.82, 2.24) is 5.43 Å². The van der Waals surface area contributed by atoms with Crippen LogP contribution in [-0.4, -0.2) is 12.1 Å². The van der Waals surface area contributed by atoms with E-state index in [0.29, 0.717) is 6.42 Å². The number of carbonyl (C=O) groups excluding carboxylic acids is 1. The van der Waals surface area contributed by atoms with Crippen LogP contribution in [0.3, 0.4) is 0 Å². The molecule has 4 heteroatoms. The van der Waals surface area contributed by atoms with Crippen molar-refractivity contribution >= 4 is 23.5 Å². The molecule has 1 rings (SSSR count). The molecule has 0 unspecified atom stereocenters. The molecule has 0 aliphatic rings.